The Morgan fingerprint density at radius 3 is 2.18 bits per heavy atom. The maximum atomic E-state index is 10.7. The van der Waals surface area contributed by atoms with Crippen molar-refractivity contribution in [3.63, 3.8) is 0 Å². The molecule has 0 amide bonds. The molecule has 1 atom stereocenters. The highest BCUT2D eigenvalue weighted by molar-refractivity contribution is 5.74. The van der Waals surface area contributed by atoms with Gasteiger partial charge in [-0.05, 0) is 5.56 Å². The van der Waals surface area contributed by atoms with Crippen molar-refractivity contribution >= 4 is 11.7 Å². The van der Waals surface area contributed by atoms with Gasteiger partial charge in [0.1, 0.15) is 0 Å². The fourth-order valence-corrected chi connectivity index (χ4v) is 1.48. The van der Waals surface area contributed by atoms with E-state index in [0.29, 0.717) is 5.56 Å². The van der Waals surface area contributed by atoms with Crippen molar-refractivity contribution in [3.8, 4) is 0 Å². The number of non-ortho nitro benzene ring substituents is 1. The van der Waals surface area contributed by atoms with Gasteiger partial charge in [-0.15, -0.1) is 0 Å². The number of hydrogen-bond donors (Lipinski definition) is 2. The van der Waals surface area contributed by atoms with Crippen LogP contribution in [0.4, 0.5) is 5.69 Å². The maximum Gasteiger partial charge on any atom is 0.333 e. The third-order valence-corrected chi connectivity index (χ3v) is 2.74. The highest BCUT2D eigenvalue weighted by Crippen LogP contribution is 2.28. The Morgan fingerprint density at radius 2 is 1.82 bits per heavy atom. The lowest BCUT2D eigenvalue weighted by Gasteiger charge is -2.28. The van der Waals surface area contributed by atoms with Crippen molar-refractivity contribution < 1.29 is 19.9 Å². The summed E-state index contributed by atoms with van der Waals surface area (Å²) in [6.07, 6.45) is -1.57. The van der Waals surface area contributed by atoms with E-state index in [4.69, 9.17) is 5.11 Å². The number of aliphatic hydroxyl groups excluding tert-OH is 1. The highest BCUT2D eigenvalue weighted by Gasteiger charge is 2.35. The first-order valence-electron chi connectivity index (χ1n) is 4.92. The second kappa shape index (κ2) is 4.50. The Morgan fingerprint density at radius 1 is 1.35 bits per heavy atom. The molecule has 0 spiro atoms. The predicted molar refractivity (Wildman–Crippen MR) is 59.8 cm³/mol. The molecular weight excluding hydrogens is 226 g/mol. The van der Waals surface area contributed by atoms with Crippen molar-refractivity contribution in [2.75, 3.05) is 0 Å². The molecule has 0 aliphatic heterocycles. The number of aliphatic carboxylic acids is 1. The number of nitro benzene ring substituents is 1. The molecule has 1 aromatic rings. The van der Waals surface area contributed by atoms with Crippen molar-refractivity contribution in [2.24, 2.45) is 0 Å². The number of nitrogens with zero attached hydrogens (tertiary/aromatic N) is 1. The molecule has 0 saturated heterocycles. The molecule has 0 bridgehead atoms. The number of nitro groups is 1. The predicted octanol–water partition coefficient (Wildman–Crippen LogP) is 1.32. The van der Waals surface area contributed by atoms with Crippen LogP contribution in [-0.4, -0.2) is 27.2 Å². The first-order valence-corrected chi connectivity index (χ1v) is 4.92. The zero-order chi connectivity index (χ0) is 13.2. The average Bonchev–Trinajstić information content (AvgIpc) is 2.27. The molecule has 1 rings (SSSR count). The van der Waals surface area contributed by atoms with E-state index in [1.54, 1.807) is 13.8 Å². The Kier molecular flexibility index (Phi) is 3.47. The summed E-state index contributed by atoms with van der Waals surface area (Å²) < 4.78 is 0. The zero-order valence-electron chi connectivity index (χ0n) is 9.45. The molecule has 6 heteroatoms. The molecular formula is C11H13NO5. The average molecular weight is 239 g/mol. The van der Waals surface area contributed by atoms with Crippen molar-refractivity contribution in [2.45, 2.75) is 25.4 Å². The van der Waals surface area contributed by atoms with Crippen LogP contribution in [0.2, 0.25) is 0 Å². The van der Waals surface area contributed by atoms with E-state index in [1.807, 2.05) is 0 Å². The molecule has 1 unspecified atom stereocenters. The second-order valence-corrected chi connectivity index (χ2v) is 4.27. The van der Waals surface area contributed by atoms with Gasteiger partial charge < -0.3 is 10.2 Å². The SMILES string of the molecule is CC(C)(c1ccc([N+](=O)[O-])cc1)C(O)C(=O)O. The third-order valence-electron chi connectivity index (χ3n) is 2.74. The van der Waals surface area contributed by atoms with Gasteiger partial charge in [-0.1, -0.05) is 26.0 Å². The lowest BCUT2D eigenvalue weighted by atomic mass is 9.79. The first kappa shape index (κ1) is 13.1. The van der Waals surface area contributed by atoms with E-state index in [-0.39, 0.29) is 5.69 Å². The standard InChI is InChI=1S/C11H13NO5/c1-11(2,9(13)10(14)15)7-3-5-8(6-4-7)12(16)17/h3-6,9,13H,1-2H3,(H,14,15). The fraction of sp³-hybridized carbons (Fsp3) is 0.364. The molecule has 0 heterocycles. The molecule has 6 nitrogen and oxygen atoms in total. The Labute approximate surface area is 97.7 Å². The monoisotopic (exact) mass is 239 g/mol. The van der Waals surface area contributed by atoms with E-state index in [0.717, 1.165) is 0 Å². The van der Waals surface area contributed by atoms with Gasteiger partial charge in [0.15, 0.2) is 6.10 Å². The van der Waals surface area contributed by atoms with Crippen molar-refractivity contribution in [1.82, 2.24) is 0 Å². The van der Waals surface area contributed by atoms with Crippen LogP contribution in [0.25, 0.3) is 0 Å². The number of hydrogen-bond acceptors (Lipinski definition) is 4. The normalized spacial score (nSPS) is 13.1. The lowest BCUT2D eigenvalue weighted by Crippen LogP contribution is -2.39. The number of carboxylic acids is 1. The van der Waals surface area contributed by atoms with E-state index in [2.05, 4.69) is 0 Å². The smallest absolute Gasteiger partial charge is 0.333 e. The van der Waals surface area contributed by atoms with Crippen LogP contribution in [0.5, 0.6) is 0 Å². The van der Waals surface area contributed by atoms with Crippen LogP contribution in [0, 0.1) is 10.1 Å². The number of rotatable bonds is 4. The van der Waals surface area contributed by atoms with Gasteiger partial charge in [0.25, 0.3) is 5.69 Å². The van der Waals surface area contributed by atoms with Gasteiger partial charge in [0.05, 0.1) is 4.92 Å². The van der Waals surface area contributed by atoms with Gasteiger partial charge in [-0.3, -0.25) is 10.1 Å². The number of carboxylic acid groups (broad SMARTS) is 1. The summed E-state index contributed by atoms with van der Waals surface area (Å²) in [5, 5.41) is 28.8. The van der Waals surface area contributed by atoms with E-state index < -0.39 is 22.4 Å². The summed E-state index contributed by atoms with van der Waals surface area (Å²) in [6, 6.07) is 5.46. The molecule has 0 aliphatic carbocycles. The van der Waals surface area contributed by atoms with Gasteiger partial charge in [-0.2, -0.15) is 0 Å². The van der Waals surface area contributed by atoms with Crippen LogP contribution in [0.15, 0.2) is 24.3 Å². The number of aliphatic hydroxyl groups is 1. The van der Waals surface area contributed by atoms with Gasteiger partial charge in [0, 0.05) is 17.5 Å². The fourth-order valence-electron chi connectivity index (χ4n) is 1.48. The molecule has 0 radical (unpaired) electrons. The maximum absolute atomic E-state index is 10.7. The minimum Gasteiger partial charge on any atom is -0.479 e. The zero-order valence-corrected chi connectivity index (χ0v) is 9.45. The van der Waals surface area contributed by atoms with Crippen molar-refractivity contribution in [1.29, 1.82) is 0 Å². The summed E-state index contributed by atoms with van der Waals surface area (Å²) >= 11 is 0. The molecule has 0 fully saturated rings. The van der Waals surface area contributed by atoms with Crippen molar-refractivity contribution in [3.05, 3.63) is 39.9 Å². The summed E-state index contributed by atoms with van der Waals surface area (Å²) in [6.45, 7) is 3.12. The van der Waals surface area contributed by atoms with E-state index >= 15 is 0 Å². The van der Waals surface area contributed by atoms with Crippen LogP contribution in [0.1, 0.15) is 19.4 Å². The Hall–Kier alpha value is -1.95. The van der Waals surface area contributed by atoms with Crippen LogP contribution in [-0.2, 0) is 10.2 Å². The first-order chi connectivity index (χ1) is 7.76. The molecule has 1 aromatic carbocycles. The van der Waals surface area contributed by atoms with E-state index in [1.165, 1.54) is 24.3 Å². The minimum atomic E-state index is -1.57. The molecule has 0 aliphatic rings. The molecule has 2 N–H and O–H groups in total. The summed E-state index contributed by atoms with van der Waals surface area (Å²) in [7, 11) is 0. The van der Waals surface area contributed by atoms with Gasteiger partial charge in [0.2, 0.25) is 0 Å². The van der Waals surface area contributed by atoms with Gasteiger partial charge in [-0.25, -0.2) is 4.79 Å². The summed E-state index contributed by atoms with van der Waals surface area (Å²) in [4.78, 5) is 20.7. The van der Waals surface area contributed by atoms with Crippen LogP contribution in [0.3, 0.4) is 0 Å². The second-order valence-electron chi connectivity index (χ2n) is 4.27. The van der Waals surface area contributed by atoms with Crippen LogP contribution < -0.4 is 0 Å². The quantitative estimate of drug-likeness (QED) is 0.609. The molecule has 17 heavy (non-hydrogen) atoms. The third kappa shape index (κ3) is 2.59. The van der Waals surface area contributed by atoms with E-state index in [9.17, 15) is 20.0 Å². The molecule has 0 aromatic heterocycles. The molecule has 92 valence electrons. The Bertz CT molecular complexity index is 438. The largest absolute Gasteiger partial charge is 0.479 e. The Balaban J connectivity index is 3.07. The van der Waals surface area contributed by atoms with Crippen LogP contribution >= 0.6 is 0 Å². The topological polar surface area (TPSA) is 101 Å². The van der Waals surface area contributed by atoms with Gasteiger partial charge >= 0.3 is 5.97 Å². The lowest BCUT2D eigenvalue weighted by molar-refractivity contribution is -0.384. The number of carbonyl (C=O) groups is 1. The summed E-state index contributed by atoms with van der Waals surface area (Å²) in [5.41, 5.74) is -0.562. The summed E-state index contributed by atoms with van der Waals surface area (Å²) in [5.74, 6) is -1.33. The minimum absolute atomic E-state index is 0.0747. The number of benzene rings is 1. The molecule has 0 saturated carbocycles. The highest BCUT2D eigenvalue weighted by atomic mass is 16.6.